The summed E-state index contributed by atoms with van der Waals surface area (Å²) in [6, 6.07) is 0. The van der Waals surface area contributed by atoms with Gasteiger partial charge in [0.2, 0.25) is 6.33 Å². The number of carboxylic acids is 3. The molecule has 2 N–H and O–H groups in total. The third-order valence-electron chi connectivity index (χ3n) is 1.49. The number of rotatable bonds is 2. The second-order valence-corrected chi connectivity index (χ2v) is 3.42. The standard InChI is InChI=1S/C7H13N2.C2H2O4.C2H4O2/c1-3-4-9-6-5-8(2)7-9;3-1(4)2(5)6;1-2(3)4/h5-7H,3-4H2,1-2H3;(H,3,4)(H,5,6);1H3,(H,3,4)/q+1;;/p-1. The maximum Gasteiger partial charge on any atom is 0.414 e. The molecular weight excluding hydrogens is 256 g/mol. The maximum atomic E-state index is 9.10. The van der Waals surface area contributed by atoms with Crippen molar-refractivity contribution in [3.05, 3.63) is 18.7 Å². The number of carbonyl (C=O) groups excluding carboxylic acids is 1. The van der Waals surface area contributed by atoms with E-state index in [0.717, 1.165) is 13.5 Å². The third kappa shape index (κ3) is 15.6. The monoisotopic (exact) mass is 274 g/mol. The minimum Gasteiger partial charge on any atom is -0.550 e. The van der Waals surface area contributed by atoms with E-state index in [0.29, 0.717) is 0 Å². The molecule has 1 rings (SSSR count). The van der Waals surface area contributed by atoms with Gasteiger partial charge >= 0.3 is 11.9 Å². The third-order valence-corrected chi connectivity index (χ3v) is 1.49. The number of imidazole rings is 1. The maximum absolute atomic E-state index is 9.10. The highest BCUT2D eigenvalue weighted by atomic mass is 16.4. The number of nitrogens with zero attached hydrogens (tertiary/aromatic N) is 2. The summed E-state index contributed by atoms with van der Waals surface area (Å²) in [5, 5.41) is 23.7. The Hall–Kier alpha value is -2.38. The number of aromatic nitrogens is 2. The van der Waals surface area contributed by atoms with E-state index in [1.54, 1.807) is 0 Å². The molecule has 0 fully saturated rings. The number of hydrogen-bond donors (Lipinski definition) is 2. The number of hydrogen-bond acceptors (Lipinski definition) is 4. The summed E-state index contributed by atoms with van der Waals surface area (Å²) in [4.78, 5) is 27.1. The Kier molecular flexibility index (Phi) is 10.7. The molecule has 0 bridgehead atoms. The van der Waals surface area contributed by atoms with Gasteiger partial charge in [-0.05, 0) is 13.3 Å². The molecule has 1 aromatic rings. The molecule has 0 saturated heterocycles. The van der Waals surface area contributed by atoms with Crippen molar-refractivity contribution in [2.75, 3.05) is 0 Å². The Labute approximate surface area is 110 Å². The first-order chi connectivity index (χ1) is 8.70. The predicted molar refractivity (Wildman–Crippen MR) is 61.9 cm³/mol. The molecule has 19 heavy (non-hydrogen) atoms. The van der Waals surface area contributed by atoms with Crippen LogP contribution in [0.2, 0.25) is 0 Å². The van der Waals surface area contributed by atoms with Gasteiger partial charge in [0.25, 0.3) is 0 Å². The molecule has 8 nitrogen and oxygen atoms in total. The molecule has 1 aromatic heterocycles. The fourth-order valence-corrected chi connectivity index (χ4v) is 0.892. The second kappa shape index (κ2) is 10.8. The van der Waals surface area contributed by atoms with E-state index >= 15 is 0 Å². The summed E-state index contributed by atoms with van der Waals surface area (Å²) >= 11 is 0. The van der Waals surface area contributed by atoms with Gasteiger partial charge in [-0.25, -0.2) is 18.7 Å². The summed E-state index contributed by atoms with van der Waals surface area (Å²) in [6.07, 6.45) is 7.43. The van der Waals surface area contributed by atoms with Crippen LogP contribution in [0.25, 0.3) is 0 Å². The van der Waals surface area contributed by atoms with Crippen LogP contribution < -0.4 is 9.67 Å². The Morgan fingerprint density at radius 2 is 1.68 bits per heavy atom. The van der Waals surface area contributed by atoms with Crippen LogP contribution in [0.3, 0.4) is 0 Å². The first kappa shape index (κ1) is 19.0. The number of carboxylic acid groups (broad SMARTS) is 3. The lowest BCUT2D eigenvalue weighted by Crippen LogP contribution is -2.30. The summed E-state index contributed by atoms with van der Waals surface area (Å²) in [5.74, 6) is -4.73. The highest BCUT2D eigenvalue weighted by Crippen LogP contribution is 1.78. The van der Waals surface area contributed by atoms with E-state index in [1.807, 2.05) is 7.05 Å². The number of carbonyl (C=O) groups is 3. The molecule has 0 radical (unpaired) electrons. The minimum atomic E-state index is -1.82. The van der Waals surface area contributed by atoms with Crippen molar-refractivity contribution >= 4 is 17.9 Å². The molecule has 1 heterocycles. The highest BCUT2D eigenvalue weighted by molar-refractivity contribution is 6.27. The van der Waals surface area contributed by atoms with Crippen molar-refractivity contribution in [1.29, 1.82) is 0 Å². The second-order valence-electron chi connectivity index (χ2n) is 3.42. The topological polar surface area (TPSA) is 124 Å². The van der Waals surface area contributed by atoms with Crippen LogP contribution in [0.5, 0.6) is 0 Å². The minimum absolute atomic E-state index is 0.972. The molecule has 0 saturated carbocycles. The lowest BCUT2D eigenvalue weighted by atomic mass is 10.5. The van der Waals surface area contributed by atoms with Gasteiger partial charge in [0.15, 0.2) is 0 Å². The first-order valence-electron chi connectivity index (χ1n) is 5.35. The highest BCUT2D eigenvalue weighted by Gasteiger charge is 2.04. The van der Waals surface area contributed by atoms with E-state index in [1.165, 1.54) is 6.42 Å². The smallest absolute Gasteiger partial charge is 0.414 e. The molecule has 0 aliphatic carbocycles. The summed E-state index contributed by atoms with van der Waals surface area (Å²) in [5.41, 5.74) is 0. The van der Waals surface area contributed by atoms with Gasteiger partial charge in [0, 0.05) is 5.97 Å². The molecular formula is C11H18N2O6. The van der Waals surface area contributed by atoms with Crippen molar-refractivity contribution in [3.8, 4) is 0 Å². The number of aryl methyl sites for hydroxylation is 2. The fourth-order valence-electron chi connectivity index (χ4n) is 0.892. The summed E-state index contributed by atoms with van der Waals surface area (Å²) < 4.78 is 4.23. The first-order valence-corrected chi connectivity index (χ1v) is 5.35. The zero-order chi connectivity index (χ0) is 15.4. The van der Waals surface area contributed by atoms with Gasteiger partial charge in [-0.3, -0.25) is 0 Å². The van der Waals surface area contributed by atoms with Crippen molar-refractivity contribution in [1.82, 2.24) is 4.57 Å². The van der Waals surface area contributed by atoms with Crippen LogP contribution >= 0.6 is 0 Å². The molecule has 0 aromatic carbocycles. The van der Waals surface area contributed by atoms with Crippen molar-refractivity contribution in [3.63, 3.8) is 0 Å². The Balaban J connectivity index is 0. The van der Waals surface area contributed by atoms with Crippen LogP contribution in [-0.4, -0.2) is 32.7 Å². The average Bonchev–Trinajstić information content (AvgIpc) is 2.64. The zero-order valence-electron chi connectivity index (χ0n) is 11.1. The van der Waals surface area contributed by atoms with E-state index < -0.39 is 17.9 Å². The summed E-state index contributed by atoms with van der Waals surface area (Å²) in [6.45, 7) is 4.28. The van der Waals surface area contributed by atoms with Gasteiger partial charge in [-0.15, -0.1) is 0 Å². The molecule has 0 spiro atoms. The van der Waals surface area contributed by atoms with E-state index in [9.17, 15) is 0 Å². The predicted octanol–water partition coefficient (Wildman–Crippen LogP) is -1.37. The van der Waals surface area contributed by atoms with Crippen molar-refractivity contribution < 1.29 is 34.3 Å². The van der Waals surface area contributed by atoms with E-state index in [-0.39, 0.29) is 0 Å². The zero-order valence-corrected chi connectivity index (χ0v) is 11.1. The lowest BCUT2D eigenvalue weighted by Gasteiger charge is -1.86. The van der Waals surface area contributed by atoms with Crippen molar-refractivity contribution in [2.24, 2.45) is 7.05 Å². The molecule has 0 atom stereocenters. The van der Waals surface area contributed by atoms with Crippen molar-refractivity contribution in [2.45, 2.75) is 26.8 Å². The largest absolute Gasteiger partial charge is 0.550 e. The van der Waals surface area contributed by atoms with Crippen LogP contribution in [0.4, 0.5) is 0 Å². The van der Waals surface area contributed by atoms with Crippen LogP contribution in [0.15, 0.2) is 18.7 Å². The van der Waals surface area contributed by atoms with Gasteiger partial charge in [0.1, 0.15) is 12.4 Å². The average molecular weight is 274 g/mol. The molecule has 8 heteroatoms. The molecule has 0 unspecified atom stereocenters. The molecule has 108 valence electrons. The van der Waals surface area contributed by atoms with Crippen LogP contribution in [-0.2, 0) is 28.0 Å². The molecule has 0 aliphatic rings. The number of aliphatic carboxylic acids is 3. The van der Waals surface area contributed by atoms with Gasteiger partial charge in [-0.2, -0.15) is 0 Å². The quantitative estimate of drug-likeness (QED) is 0.507. The van der Waals surface area contributed by atoms with Gasteiger partial charge < -0.3 is 20.1 Å². The van der Waals surface area contributed by atoms with E-state index in [4.69, 9.17) is 29.7 Å². The Bertz CT molecular complexity index is 397. The molecule has 0 amide bonds. The SMILES string of the molecule is CC(=O)[O-].CCC[n+]1ccn(C)c1.O=C(O)C(=O)O. The summed E-state index contributed by atoms with van der Waals surface area (Å²) in [7, 11) is 2.03. The van der Waals surface area contributed by atoms with E-state index in [2.05, 4.69) is 34.8 Å². The fraction of sp³-hybridized carbons (Fsp3) is 0.455. The lowest BCUT2D eigenvalue weighted by molar-refractivity contribution is -0.696. The normalized spacial score (nSPS) is 8.37. The van der Waals surface area contributed by atoms with Crippen LogP contribution in [0, 0.1) is 0 Å². The Morgan fingerprint density at radius 3 is 1.89 bits per heavy atom. The Morgan fingerprint density at radius 1 is 1.26 bits per heavy atom. The molecule has 0 aliphatic heterocycles. The van der Waals surface area contributed by atoms with Gasteiger partial charge in [0.05, 0.1) is 13.6 Å². The van der Waals surface area contributed by atoms with Crippen LogP contribution in [0.1, 0.15) is 20.3 Å². The van der Waals surface area contributed by atoms with Gasteiger partial charge in [-0.1, -0.05) is 6.92 Å².